The van der Waals surface area contributed by atoms with Crippen LogP contribution in [0.5, 0.6) is 5.75 Å². The van der Waals surface area contributed by atoms with Gasteiger partial charge in [0.25, 0.3) is 5.91 Å². The summed E-state index contributed by atoms with van der Waals surface area (Å²) in [6, 6.07) is 10.8. The van der Waals surface area contributed by atoms with Gasteiger partial charge in [-0.1, -0.05) is 30.3 Å². The molecule has 2 aromatic rings. The minimum atomic E-state index is -3.57. The van der Waals surface area contributed by atoms with E-state index in [2.05, 4.69) is 5.32 Å². The Labute approximate surface area is 122 Å². The zero-order valence-corrected chi connectivity index (χ0v) is 11.6. The summed E-state index contributed by atoms with van der Waals surface area (Å²) < 4.78 is 5.45. The number of benzene rings is 2. The van der Waals surface area contributed by atoms with E-state index in [4.69, 9.17) is 19.8 Å². The molecule has 0 bridgehead atoms. The first-order valence-electron chi connectivity index (χ1n) is 6.68. The van der Waals surface area contributed by atoms with Crippen molar-refractivity contribution in [3.05, 3.63) is 42.0 Å². The van der Waals surface area contributed by atoms with Gasteiger partial charge in [0.2, 0.25) is 0 Å². The molecular formula is C14H17BNO5-. The van der Waals surface area contributed by atoms with Gasteiger partial charge in [-0.15, -0.1) is 0 Å². The largest absolute Gasteiger partial charge is 0.559 e. The summed E-state index contributed by atoms with van der Waals surface area (Å²) in [5.41, 5.74) is 0.301. The lowest BCUT2D eigenvalue weighted by atomic mass is 9.81. The highest BCUT2D eigenvalue weighted by Gasteiger charge is 2.20. The molecule has 0 unspecified atom stereocenters. The summed E-state index contributed by atoms with van der Waals surface area (Å²) in [4.78, 5) is 12.3. The third-order valence-corrected chi connectivity index (χ3v) is 2.95. The summed E-state index contributed by atoms with van der Waals surface area (Å²) in [5, 5.41) is 30.6. The maximum absolute atomic E-state index is 12.3. The number of amides is 1. The first kappa shape index (κ1) is 15.3. The second kappa shape index (κ2) is 6.13. The number of hydrogen-bond donors (Lipinski definition) is 4. The quantitative estimate of drug-likeness (QED) is 0.598. The zero-order chi connectivity index (χ0) is 15.5. The third-order valence-electron chi connectivity index (χ3n) is 2.95. The first-order valence-corrected chi connectivity index (χ1v) is 6.68. The molecule has 0 heterocycles. The normalized spacial score (nSPS) is 11.4. The molecule has 0 aliphatic rings. The number of ether oxygens (including phenoxy) is 1. The van der Waals surface area contributed by atoms with Crippen LogP contribution in [0, 0.1) is 0 Å². The van der Waals surface area contributed by atoms with E-state index in [1.807, 2.05) is 18.2 Å². The molecule has 21 heavy (non-hydrogen) atoms. The highest BCUT2D eigenvalue weighted by molar-refractivity contribution is 6.56. The molecule has 112 valence electrons. The van der Waals surface area contributed by atoms with Crippen molar-refractivity contribution < 1.29 is 24.6 Å². The number of carbonyl (C=O) groups is 1. The standard InChI is InChI=1S/C14H17BNO5/c1-2-21-12-8-7-10-5-3-4-6-11(10)13(12)14(17)16-9-15(18,19)20/h3-8,18-20H,2,9H2,1H3,(H,16,17)/q-1. The van der Waals surface area contributed by atoms with Gasteiger partial charge < -0.3 is 25.1 Å². The Kier molecular flexibility index (Phi) is 4.47. The van der Waals surface area contributed by atoms with E-state index in [0.29, 0.717) is 23.3 Å². The summed E-state index contributed by atoms with van der Waals surface area (Å²) in [5.74, 6) is -0.140. The number of rotatable bonds is 5. The second-order valence-corrected chi connectivity index (χ2v) is 4.70. The molecule has 0 aliphatic heterocycles. The highest BCUT2D eigenvalue weighted by Crippen LogP contribution is 2.28. The van der Waals surface area contributed by atoms with Gasteiger partial charge in [-0.2, -0.15) is 0 Å². The minimum Gasteiger partial charge on any atom is -0.559 e. The van der Waals surface area contributed by atoms with Crippen molar-refractivity contribution in [3.63, 3.8) is 0 Å². The van der Waals surface area contributed by atoms with E-state index in [1.54, 1.807) is 25.1 Å². The molecule has 0 atom stereocenters. The molecule has 0 spiro atoms. The van der Waals surface area contributed by atoms with Gasteiger partial charge in [-0.25, -0.2) is 0 Å². The molecule has 2 aromatic carbocycles. The smallest absolute Gasteiger partial charge is 0.390 e. The van der Waals surface area contributed by atoms with Crippen LogP contribution in [0.2, 0.25) is 0 Å². The molecule has 0 radical (unpaired) electrons. The van der Waals surface area contributed by atoms with Gasteiger partial charge >= 0.3 is 6.75 Å². The van der Waals surface area contributed by atoms with E-state index < -0.39 is 19.1 Å². The fraction of sp³-hybridized carbons (Fsp3) is 0.214. The maximum Gasteiger partial charge on any atom is 0.390 e. The average Bonchev–Trinajstić information content (AvgIpc) is 2.44. The van der Waals surface area contributed by atoms with E-state index >= 15 is 0 Å². The molecule has 0 saturated heterocycles. The molecule has 2 rings (SSSR count). The lowest BCUT2D eigenvalue weighted by molar-refractivity contribution is 0.0945. The van der Waals surface area contributed by atoms with Crippen molar-refractivity contribution in [2.45, 2.75) is 6.92 Å². The van der Waals surface area contributed by atoms with Gasteiger partial charge in [0, 0.05) is 0 Å². The topological polar surface area (TPSA) is 99.0 Å². The van der Waals surface area contributed by atoms with Crippen LogP contribution in [0.1, 0.15) is 17.3 Å². The molecule has 4 N–H and O–H groups in total. The summed E-state index contributed by atoms with van der Waals surface area (Å²) in [7, 11) is 0. The van der Waals surface area contributed by atoms with Crippen LogP contribution in [0.4, 0.5) is 0 Å². The van der Waals surface area contributed by atoms with Crippen LogP contribution in [-0.2, 0) is 0 Å². The fourth-order valence-corrected chi connectivity index (χ4v) is 2.08. The Morgan fingerprint density at radius 1 is 1.19 bits per heavy atom. The summed E-state index contributed by atoms with van der Waals surface area (Å²) >= 11 is 0. The van der Waals surface area contributed by atoms with Crippen molar-refractivity contribution in [1.29, 1.82) is 0 Å². The van der Waals surface area contributed by atoms with E-state index in [-0.39, 0.29) is 0 Å². The lowest BCUT2D eigenvalue weighted by Gasteiger charge is -2.21. The second-order valence-electron chi connectivity index (χ2n) is 4.70. The lowest BCUT2D eigenvalue weighted by Crippen LogP contribution is -2.48. The predicted molar refractivity (Wildman–Crippen MR) is 79.9 cm³/mol. The molecule has 6 nitrogen and oxygen atoms in total. The maximum atomic E-state index is 12.3. The Balaban J connectivity index is 2.43. The van der Waals surface area contributed by atoms with Crippen LogP contribution in [0.25, 0.3) is 10.8 Å². The Morgan fingerprint density at radius 3 is 2.57 bits per heavy atom. The van der Waals surface area contributed by atoms with Crippen LogP contribution in [0.3, 0.4) is 0 Å². The number of hydrogen-bond acceptors (Lipinski definition) is 5. The van der Waals surface area contributed by atoms with Gasteiger partial charge in [0.1, 0.15) is 5.75 Å². The van der Waals surface area contributed by atoms with Gasteiger partial charge in [0.15, 0.2) is 0 Å². The first-order chi connectivity index (χ1) is 9.92. The van der Waals surface area contributed by atoms with E-state index in [0.717, 1.165) is 5.39 Å². The van der Waals surface area contributed by atoms with E-state index in [1.165, 1.54) is 0 Å². The van der Waals surface area contributed by atoms with E-state index in [9.17, 15) is 4.79 Å². The summed E-state index contributed by atoms with van der Waals surface area (Å²) in [6.45, 7) is -1.37. The zero-order valence-electron chi connectivity index (χ0n) is 11.6. The van der Waals surface area contributed by atoms with Crippen molar-refractivity contribution in [1.82, 2.24) is 5.32 Å². The molecule has 7 heteroatoms. The van der Waals surface area contributed by atoms with Gasteiger partial charge in [-0.05, 0) is 30.2 Å². The van der Waals surface area contributed by atoms with Crippen molar-refractivity contribution in [2.75, 3.05) is 13.1 Å². The molecule has 1 amide bonds. The van der Waals surface area contributed by atoms with Crippen LogP contribution in [0.15, 0.2) is 36.4 Å². The summed E-state index contributed by atoms with van der Waals surface area (Å²) in [6.07, 6.45) is -0.645. The molecule has 0 aliphatic carbocycles. The fourth-order valence-electron chi connectivity index (χ4n) is 2.08. The Hall–Kier alpha value is -2.09. The molecule has 0 saturated carbocycles. The average molecular weight is 290 g/mol. The van der Waals surface area contributed by atoms with Crippen LogP contribution >= 0.6 is 0 Å². The van der Waals surface area contributed by atoms with Gasteiger partial charge in [0.05, 0.1) is 12.2 Å². The Bertz CT molecular complexity index is 653. The minimum absolute atomic E-state index is 0.301. The highest BCUT2D eigenvalue weighted by atomic mass is 16.5. The number of fused-ring (bicyclic) bond motifs is 1. The molecule has 0 aromatic heterocycles. The monoisotopic (exact) mass is 290 g/mol. The van der Waals surface area contributed by atoms with Crippen molar-refractivity contribution in [3.8, 4) is 5.75 Å². The number of nitrogens with one attached hydrogen (secondary N) is 1. The Morgan fingerprint density at radius 2 is 1.90 bits per heavy atom. The van der Waals surface area contributed by atoms with Crippen molar-refractivity contribution in [2.24, 2.45) is 0 Å². The SMILES string of the molecule is CCOc1ccc2ccccc2c1C(=O)NC[B-](O)(O)O. The third kappa shape index (κ3) is 3.72. The van der Waals surface area contributed by atoms with Gasteiger partial charge in [-0.3, -0.25) is 4.79 Å². The molecular weight excluding hydrogens is 273 g/mol. The van der Waals surface area contributed by atoms with Crippen molar-refractivity contribution >= 4 is 23.4 Å². The van der Waals surface area contributed by atoms with Crippen LogP contribution in [-0.4, -0.2) is 40.8 Å². The predicted octanol–water partition coefficient (Wildman–Crippen LogP) is 0.423. The molecule has 0 fully saturated rings. The number of carbonyl (C=O) groups excluding carboxylic acids is 1. The van der Waals surface area contributed by atoms with Crippen LogP contribution < -0.4 is 10.1 Å².